The largest absolute Gasteiger partial charge is 0.327 e. The van der Waals surface area contributed by atoms with Gasteiger partial charge in [0.25, 0.3) is 0 Å². The molecule has 0 amide bonds. The lowest BCUT2D eigenvalue weighted by Gasteiger charge is -2.17. The summed E-state index contributed by atoms with van der Waals surface area (Å²) in [6.45, 7) is 6.61. The van der Waals surface area contributed by atoms with Crippen molar-refractivity contribution in [3.8, 4) is 0 Å². The summed E-state index contributed by atoms with van der Waals surface area (Å²) in [7, 11) is 0. The van der Waals surface area contributed by atoms with Gasteiger partial charge in [0.15, 0.2) is 0 Å². The fourth-order valence-electron chi connectivity index (χ4n) is 1.54. The lowest BCUT2D eigenvalue weighted by atomic mass is 10.0. The van der Waals surface area contributed by atoms with E-state index < -0.39 is 0 Å². The van der Waals surface area contributed by atoms with Crippen LogP contribution in [0.3, 0.4) is 0 Å². The molecule has 0 aliphatic carbocycles. The Labute approximate surface area is 104 Å². The minimum Gasteiger partial charge on any atom is -0.327 e. The highest BCUT2D eigenvalue weighted by molar-refractivity contribution is 7.98. The van der Waals surface area contributed by atoms with E-state index in [2.05, 4.69) is 45.0 Å². The Bertz CT molecular complexity index is 311. The lowest BCUT2D eigenvalue weighted by molar-refractivity contribution is 0.475. The van der Waals surface area contributed by atoms with Gasteiger partial charge in [0.1, 0.15) is 0 Å². The summed E-state index contributed by atoms with van der Waals surface area (Å²) in [6.07, 6.45) is 1.17. The number of thioether (sulfide) groups is 1. The van der Waals surface area contributed by atoms with E-state index in [0.29, 0.717) is 12.0 Å². The number of hydrogen-bond donors (Lipinski definition) is 1. The number of nitrogens with two attached hydrogens (primary N) is 1. The number of benzene rings is 1. The Kier molecular flexibility index (Phi) is 5.93. The highest BCUT2D eigenvalue weighted by Crippen LogP contribution is 2.18. The predicted octanol–water partition coefficient (Wildman–Crippen LogP) is 3.60. The summed E-state index contributed by atoms with van der Waals surface area (Å²) >= 11 is 1.95. The number of rotatable bonds is 6. The van der Waals surface area contributed by atoms with Gasteiger partial charge in [-0.25, -0.2) is 0 Å². The maximum Gasteiger partial charge on any atom is 0.0187 e. The molecule has 1 nitrogen and oxygen atoms in total. The molecule has 0 radical (unpaired) electrons. The van der Waals surface area contributed by atoms with Gasteiger partial charge in [-0.2, -0.15) is 11.8 Å². The fourth-order valence-corrected chi connectivity index (χ4v) is 2.81. The van der Waals surface area contributed by atoms with E-state index >= 15 is 0 Å². The van der Waals surface area contributed by atoms with Gasteiger partial charge in [0.05, 0.1) is 0 Å². The van der Waals surface area contributed by atoms with E-state index in [9.17, 15) is 0 Å². The normalized spacial score (nSPS) is 14.8. The minimum absolute atomic E-state index is 0.332. The second-order valence-electron chi connectivity index (χ2n) is 4.49. The van der Waals surface area contributed by atoms with Gasteiger partial charge in [-0.3, -0.25) is 0 Å². The van der Waals surface area contributed by atoms with Crippen molar-refractivity contribution in [2.75, 3.05) is 5.75 Å². The van der Waals surface area contributed by atoms with E-state index in [4.69, 9.17) is 5.73 Å². The van der Waals surface area contributed by atoms with E-state index in [0.717, 1.165) is 11.5 Å². The second-order valence-corrected chi connectivity index (χ2v) is 5.52. The molecule has 0 bridgehead atoms. The molecular formula is C14H23NS. The van der Waals surface area contributed by atoms with Crippen LogP contribution in [-0.2, 0) is 5.75 Å². The third kappa shape index (κ3) is 4.18. The molecule has 2 unspecified atom stereocenters. The highest BCUT2D eigenvalue weighted by Gasteiger charge is 2.10. The van der Waals surface area contributed by atoms with Gasteiger partial charge in [0, 0.05) is 17.5 Å². The highest BCUT2D eigenvalue weighted by atomic mass is 32.2. The molecule has 0 heterocycles. The van der Waals surface area contributed by atoms with Crippen LogP contribution in [0.2, 0.25) is 0 Å². The van der Waals surface area contributed by atoms with Crippen LogP contribution in [0.25, 0.3) is 0 Å². The van der Waals surface area contributed by atoms with Crippen molar-refractivity contribution in [1.82, 2.24) is 0 Å². The number of aryl methyl sites for hydroxylation is 1. The van der Waals surface area contributed by atoms with Crippen LogP contribution in [-0.4, -0.2) is 11.8 Å². The molecule has 0 spiro atoms. The van der Waals surface area contributed by atoms with Crippen molar-refractivity contribution < 1.29 is 0 Å². The first-order valence-electron chi connectivity index (χ1n) is 6.03. The quantitative estimate of drug-likeness (QED) is 0.818. The number of hydrogen-bond acceptors (Lipinski definition) is 2. The Morgan fingerprint density at radius 3 is 2.62 bits per heavy atom. The molecule has 0 aromatic heterocycles. The summed E-state index contributed by atoms with van der Waals surface area (Å²) in [6, 6.07) is 8.91. The molecule has 0 aliphatic heterocycles. The summed E-state index contributed by atoms with van der Waals surface area (Å²) in [4.78, 5) is 0. The molecule has 16 heavy (non-hydrogen) atoms. The van der Waals surface area contributed by atoms with Gasteiger partial charge in [-0.05, 0) is 24.0 Å². The van der Waals surface area contributed by atoms with Crippen molar-refractivity contribution in [2.24, 2.45) is 11.7 Å². The SMILES string of the molecule is CCC(C)C(N)CSCc1ccccc1C. The molecule has 0 saturated heterocycles. The first kappa shape index (κ1) is 13.6. The van der Waals surface area contributed by atoms with Crippen LogP contribution in [0, 0.1) is 12.8 Å². The summed E-state index contributed by atoms with van der Waals surface area (Å²) in [5.41, 5.74) is 8.92. The zero-order valence-electron chi connectivity index (χ0n) is 10.6. The second kappa shape index (κ2) is 6.97. The summed E-state index contributed by atoms with van der Waals surface area (Å²) in [5, 5.41) is 0. The van der Waals surface area contributed by atoms with Crippen LogP contribution < -0.4 is 5.73 Å². The van der Waals surface area contributed by atoms with Crippen molar-refractivity contribution >= 4 is 11.8 Å². The average Bonchev–Trinajstić information content (AvgIpc) is 2.30. The summed E-state index contributed by atoms with van der Waals surface area (Å²) < 4.78 is 0. The molecule has 1 rings (SSSR count). The molecule has 2 heteroatoms. The first-order valence-corrected chi connectivity index (χ1v) is 7.18. The van der Waals surface area contributed by atoms with Gasteiger partial charge in [-0.15, -0.1) is 0 Å². The molecule has 0 fully saturated rings. The van der Waals surface area contributed by atoms with Crippen molar-refractivity contribution in [3.05, 3.63) is 35.4 Å². The van der Waals surface area contributed by atoms with Gasteiger partial charge in [0.2, 0.25) is 0 Å². The Hall–Kier alpha value is -0.470. The topological polar surface area (TPSA) is 26.0 Å². The predicted molar refractivity (Wildman–Crippen MR) is 74.8 cm³/mol. The van der Waals surface area contributed by atoms with Gasteiger partial charge >= 0.3 is 0 Å². The average molecular weight is 237 g/mol. The zero-order valence-corrected chi connectivity index (χ0v) is 11.4. The third-order valence-corrected chi connectivity index (χ3v) is 4.34. The Balaban J connectivity index is 2.33. The van der Waals surface area contributed by atoms with Crippen LogP contribution in [0.15, 0.2) is 24.3 Å². The molecule has 0 aliphatic rings. The maximum absolute atomic E-state index is 6.11. The van der Waals surface area contributed by atoms with Crippen LogP contribution in [0.5, 0.6) is 0 Å². The molecule has 1 aromatic rings. The minimum atomic E-state index is 0.332. The van der Waals surface area contributed by atoms with Crippen molar-refractivity contribution in [3.63, 3.8) is 0 Å². The zero-order chi connectivity index (χ0) is 12.0. The van der Waals surface area contributed by atoms with Crippen LogP contribution >= 0.6 is 11.8 Å². The fraction of sp³-hybridized carbons (Fsp3) is 0.571. The smallest absolute Gasteiger partial charge is 0.0187 e. The lowest BCUT2D eigenvalue weighted by Crippen LogP contribution is -2.30. The molecule has 90 valence electrons. The summed E-state index contributed by atoms with van der Waals surface area (Å²) in [5.74, 6) is 2.77. The molecule has 2 atom stereocenters. The van der Waals surface area contributed by atoms with E-state index in [1.54, 1.807) is 0 Å². The maximum atomic E-state index is 6.11. The van der Waals surface area contributed by atoms with E-state index in [1.807, 2.05) is 11.8 Å². The monoisotopic (exact) mass is 237 g/mol. The van der Waals surface area contributed by atoms with Crippen LogP contribution in [0.4, 0.5) is 0 Å². The standard InChI is InChI=1S/C14H23NS/c1-4-11(2)14(15)10-16-9-13-8-6-5-7-12(13)3/h5-8,11,14H,4,9-10,15H2,1-3H3. The Morgan fingerprint density at radius 2 is 2.00 bits per heavy atom. The van der Waals surface area contributed by atoms with Crippen LogP contribution in [0.1, 0.15) is 31.4 Å². The van der Waals surface area contributed by atoms with Crippen molar-refractivity contribution in [1.29, 1.82) is 0 Å². The van der Waals surface area contributed by atoms with Crippen molar-refractivity contribution in [2.45, 2.75) is 39.0 Å². The Morgan fingerprint density at radius 1 is 1.31 bits per heavy atom. The third-order valence-electron chi connectivity index (χ3n) is 3.20. The van der Waals surface area contributed by atoms with E-state index in [1.165, 1.54) is 17.5 Å². The molecule has 2 N–H and O–H groups in total. The van der Waals surface area contributed by atoms with Gasteiger partial charge in [-0.1, -0.05) is 44.5 Å². The molecule has 0 saturated carbocycles. The van der Waals surface area contributed by atoms with Gasteiger partial charge < -0.3 is 5.73 Å². The van der Waals surface area contributed by atoms with E-state index in [-0.39, 0.29) is 0 Å². The molecule has 1 aromatic carbocycles. The first-order chi connectivity index (χ1) is 7.65. The molecular weight excluding hydrogens is 214 g/mol.